The number of hydrogen-bond acceptors (Lipinski definition) is 4. The molecule has 0 bridgehead atoms. The molecule has 1 saturated heterocycles. The minimum absolute atomic E-state index is 0.00400. The third kappa shape index (κ3) is 5.10. The van der Waals surface area contributed by atoms with Crippen LogP contribution in [0.3, 0.4) is 0 Å². The predicted octanol–water partition coefficient (Wildman–Crippen LogP) is 3.26. The fourth-order valence-corrected chi connectivity index (χ4v) is 2.77. The van der Waals surface area contributed by atoms with Crippen LogP contribution in [0.4, 0.5) is 29.5 Å². The highest BCUT2D eigenvalue weighted by Crippen LogP contribution is 2.35. The predicted molar refractivity (Wildman–Crippen MR) is 94.6 cm³/mol. The second-order valence-electron chi connectivity index (χ2n) is 5.96. The quantitative estimate of drug-likeness (QED) is 0.855. The Morgan fingerprint density at radius 3 is 2.63 bits per heavy atom. The van der Waals surface area contributed by atoms with Crippen LogP contribution in [0.1, 0.15) is 11.1 Å². The summed E-state index contributed by atoms with van der Waals surface area (Å²) in [5.74, 6) is 0.314. The van der Waals surface area contributed by atoms with Crippen LogP contribution in [0.5, 0.6) is 0 Å². The first kappa shape index (κ1) is 19.0. The van der Waals surface area contributed by atoms with E-state index >= 15 is 0 Å². The van der Waals surface area contributed by atoms with Gasteiger partial charge in [0.1, 0.15) is 5.82 Å². The number of ether oxygens (including phenoxy) is 1. The maximum atomic E-state index is 13.5. The van der Waals surface area contributed by atoms with Gasteiger partial charge in [-0.2, -0.15) is 13.2 Å². The highest BCUT2D eigenvalue weighted by atomic mass is 19.4. The first-order valence-electron chi connectivity index (χ1n) is 8.42. The summed E-state index contributed by atoms with van der Waals surface area (Å²) in [7, 11) is 0. The molecule has 1 aliphatic heterocycles. The van der Waals surface area contributed by atoms with Crippen LogP contribution in [0.25, 0.3) is 0 Å². The topological polar surface area (TPSA) is 66.5 Å². The fraction of sp³-hybridized carbons (Fsp3) is 0.333. The van der Waals surface area contributed by atoms with Crippen molar-refractivity contribution in [1.82, 2.24) is 10.3 Å². The van der Waals surface area contributed by atoms with Crippen molar-refractivity contribution >= 4 is 17.5 Å². The van der Waals surface area contributed by atoms with Crippen LogP contribution >= 0.6 is 0 Å². The molecule has 1 aromatic carbocycles. The number of urea groups is 1. The van der Waals surface area contributed by atoms with Gasteiger partial charge in [-0.15, -0.1) is 0 Å². The zero-order valence-corrected chi connectivity index (χ0v) is 14.4. The molecule has 1 aliphatic rings. The molecule has 144 valence electrons. The number of carbonyl (C=O) groups is 1. The molecule has 3 rings (SSSR count). The number of carbonyl (C=O) groups excluding carboxylic acids is 1. The molecule has 9 heteroatoms. The summed E-state index contributed by atoms with van der Waals surface area (Å²) in [6.07, 6.45) is -3.02. The van der Waals surface area contributed by atoms with Gasteiger partial charge in [-0.3, -0.25) is 5.32 Å². The Hall–Kier alpha value is -2.81. The summed E-state index contributed by atoms with van der Waals surface area (Å²) in [5, 5.41) is 4.90. The number of anilines is 2. The molecule has 1 fully saturated rings. The second-order valence-corrected chi connectivity index (χ2v) is 5.96. The van der Waals surface area contributed by atoms with E-state index in [0.29, 0.717) is 37.8 Å². The molecule has 0 spiro atoms. The Morgan fingerprint density at radius 1 is 1.19 bits per heavy atom. The average Bonchev–Trinajstić information content (AvgIpc) is 2.67. The van der Waals surface area contributed by atoms with Crippen LogP contribution < -0.4 is 15.5 Å². The Morgan fingerprint density at radius 2 is 1.96 bits per heavy atom. The summed E-state index contributed by atoms with van der Waals surface area (Å²) in [6.45, 7) is 1.80. The lowest BCUT2D eigenvalue weighted by Crippen LogP contribution is -2.36. The molecular weight excluding hydrogens is 361 g/mol. The SMILES string of the molecule is O=C(NCc1ccc(N2CCOCC2)cc1C(F)(F)F)Nc1ccccn1. The zero-order valence-electron chi connectivity index (χ0n) is 14.4. The molecule has 0 radical (unpaired) electrons. The maximum Gasteiger partial charge on any atom is 0.416 e. The number of rotatable bonds is 4. The number of amides is 2. The van der Waals surface area contributed by atoms with E-state index in [9.17, 15) is 18.0 Å². The Labute approximate surface area is 154 Å². The Kier molecular flexibility index (Phi) is 5.80. The van der Waals surface area contributed by atoms with Gasteiger partial charge in [0, 0.05) is 31.5 Å². The van der Waals surface area contributed by atoms with Crippen molar-refractivity contribution in [1.29, 1.82) is 0 Å². The molecule has 0 atom stereocenters. The highest BCUT2D eigenvalue weighted by molar-refractivity contribution is 5.88. The van der Waals surface area contributed by atoms with Gasteiger partial charge < -0.3 is 15.0 Å². The minimum Gasteiger partial charge on any atom is -0.378 e. The molecule has 2 heterocycles. The minimum atomic E-state index is -4.52. The monoisotopic (exact) mass is 380 g/mol. The number of nitrogens with one attached hydrogen (secondary N) is 2. The summed E-state index contributed by atoms with van der Waals surface area (Å²) in [4.78, 5) is 17.7. The number of benzene rings is 1. The van der Waals surface area contributed by atoms with Gasteiger partial charge in [-0.1, -0.05) is 12.1 Å². The van der Waals surface area contributed by atoms with Gasteiger partial charge in [0.15, 0.2) is 0 Å². The van der Waals surface area contributed by atoms with Crippen LogP contribution in [-0.4, -0.2) is 37.3 Å². The van der Waals surface area contributed by atoms with E-state index in [1.807, 2.05) is 4.90 Å². The molecule has 2 aromatic rings. The van der Waals surface area contributed by atoms with E-state index in [0.717, 1.165) is 6.07 Å². The van der Waals surface area contributed by atoms with E-state index in [1.54, 1.807) is 24.3 Å². The fourth-order valence-electron chi connectivity index (χ4n) is 2.77. The number of pyridine rings is 1. The van der Waals surface area contributed by atoms with Crippen molar-refractivity contribution in [3.63, 3.8) is 0 Å². The summed E-state index contributed by atoms with van der Waals surface area (Å²) in [6, 6.07) is 8.49. The van der Waals surface area contributed by atoms with E-state index in [4.69, 9.17) is 4.74 Å². The van der Waals surface area contributed by atoms with Gasteiger partial charge >= 0.3 is 12.2 Å². The number of alkyl halides is 3. The first-order chi connectivity index (χ1) is 12.9. The molecule has 2 N–H and O–H groups in total. The summed E-state index contributed by atoms with van der Waals surface area (Å²) in [5.41, 5.74) is -0.271. The van der Waals surface area contributed by atoms with Crippen LogP contribution in [0, 0.1) is 0 Å². The van der Waals surface area contributed by atoms with E-state index in [-0.39, 0.29) is 12.1 Å². The molecule has 6 nitrogen and oxygen atoms in total. The van der Waals surface area contributed by atoms with Crippen molar-refractivity contribution in [2.75, 3.05) is 36.5 Å². The molecule has 27 heavy (non-hydrogen) atoms. The largest absolute Gasteiger partial charge is 0.416 e. The maximum absolute atomic E-state index is 13.5. The Balaban J connectivity index is 1.71. The molecular formula is C18H19F3N4O2. The number of morpholine rings is 1. The average molecular weight is 380 g/mol. The highest BCUT2D eigenvalue weighted by Gasteiger charge is 2.34. The number of nitrogens with zero attached hydrogens (tertiary/aromatic N) is 2. The van der Waals surface area contributed by atoms with Gasteiger partial charge in [-0.05, 0) is 29.8 Å². The molecule has 2 amide bonds. The summed E-state index contributed by atoms with van der Waals surface area (Å²) < 4.78 is 45.7. The summed E-state index contributed by atoms with van der Waals surface area (Å²) >= 11 is 0. The van der Waals surface area contributed by atoms with Crippen molar-refractivity contribution in [3.05, 3.63) is 53.7 Å². The van der Waals surface area contributed by atoms with Crippen LogP contribution in [0.15, 0.2) is 42.6 Å². The van der Waals surface area contributed by atoms with Crippen molar-refractivity contribution in [2.45, 2.75) is 12.7 Å². The normalized spacial score (nSPS) is 14.7. The number of hydrogen-bond donors (Lipinski definition) is 2. The lowest BCUT2D eigenvalue weighted by atomic mass is 10.1. The van der Waals surface area contributed by atoms with Crippen molar-refractivity contribution in [3.8, 4) is 0 Å². The second kappa shape index (κ2) is 8.26. The van der Waals surface area contributed by atoms with Gasteiger partial charge in [-0.25, -0.2) is 9.78 Å². The van der Waals surface area contributed by atoms with Crippen molar-refractivity contribution < 1.29 is 22.7 Å². The number of halogens is 3. The molecule has 0 aliphatic carbocycles. The lowest BCUT2D eigenvalue weighted by Gasteiger charge is -2.29. The van der Waals surface area contributed by atoms with Crippen LogP contribution in [0.2, 0.25) is 0 Å². The molecule has 0 saturated carbocycles. The van der Waals surface area contributed by atoms with E-state index < -0.39 is 17.8 Å². The Bertz CT molecular complexity index is 778. The molecule has 0 unspecified atom stereocenters. The smallest absolute Gasteiger partial charge is 0.378 e. The third-order valence-corrected chi connectivity index (χ3v) is 4.12. The van der Waals surface area contributed by atoms with E-state index in [1.165, 1.54) is 12.3 Å². The van der Waals surface area contributed by atoms with Gasteiger partial charge in [0.05, 0.1) is 18.8 Å². The lowest BCUT2D eigenvalue weighted by molar-refractivity contribution is -0.138. The van der Waals surface area contributed by atoms with Crippen LogP contribution in [-0.2, 0) is 17.5 Å². The van der Waals surface area contributed by atoms with Gasteiger partial charge in [0.25, 0.3) is 0 Å². The first-order valence-corrected chi connectivity index (χ1v) is 8.42. The van der Waals surface area contributed by atoms with Gasteiger partial charge in [0.2, 0.25) is 0 Å². The van der Waals surface area contributed by atoms with E-state index in [2.05, 4.69) is 15.6 Å². The zero-order chi connectivity index (χ0) is 19.3. The van der Waals surface area contributed by atoms with Crippen molar-refractivity contribution in [2.24, 2.45) is 0 Å². The third-order valence-electron chi connectivity index (χ3n) is 4.12. The standard InChI is InChI=1S/C18H19F3N4O2/c19-18(20,21)15-11-14(25-7-9-27-10-8-25)5-4-13(15)12-23-17(26)24-16-3-1-2-6-22-16/h1-6,11H,7-10,12H2,(H2,22,23,24,26). The molecule has 1 aromatic heterocycles. The number of aromatic nitrogens is 1.